The molecule has 4 nitrogen and oxygen atoms in total. The third-order valence-corrected chi connectivity index (χ3v) is 4.94. The Hall–Kier alpha value is -4.24. The standard InChI is InChI=1S/C26H17F2NO3/c1-32-19-9-5-16(6-10-19)3-2-4-17-8-12-24-20(13-17)25(30)21(26(31)29-24)14-18-7-11-22(27)23(28)15-18/h5-15H,3H2,1H3,(H,29,31)/b21-14-. The van der Waals surface area contributed by atoms with Crippen molar-refractivity contribution >= 4 is 23.5 Å². The summed E-state index contributed by atoms with van der Waals surface area (Å²) in [5, 5.41) is 2.65. The van der Waals surface area contributed by atoms with Gasteiger partial charge in [-0.3, -0.25) is 9.59 Å². The van der Waals surface area contributed by atoms with Crippen LogP contribution in [0.4, 0.5) is 14.5 Å². The molecule has 0 aromatic heterocycles. The number of anilines is 1. The highest BCUT2D eigenvalue weighted by Crippen LogP contribution is 2.27. The summed E-state index contributed by atoms with van der Waals surface area (Å²) in [6, 6.07) is 15.7. The van der Waals surface area contributed by atoms with Crippen molar-refractivity contribution in [2.45, 2.75) is 6.42 Å². The van der Waals surface area contributed by atoms with Crippen LogP contribution in [-0.4, -0.2) is 18.8 Å². The van der Waals surface area contributed by atoms with Gasteiger partial charge in [-0.05, 0) is 59.7 Å². The number of amides is 1. The van der Waals surface area contributed by atoms with E-state index in [0.717, 1.165) is 23.4 Å². The zero-order valence-corrected chi connectivity index (χ0v) is 17.0. The Bertz CT molecular complexity index is 1320. The number of rotatable bonds is 3. The summed E-state index contributed by atoms with van der Waals surface area (Å²) >= 11 is 0. The predicted molar refractivity (Wildman–Crippen MR) is 117 cm³/mol. The van der Waals surface area contributed by atoms with Crippen molar-refractivity contribution in [3.63, 3.8) is 0 Å². The van der Waals surface area contributed by atoms with Gasteiger partial charge in [0, 0.05) is 17.5 Å². The Morgan fingerprint density at radius 2 is 1.75 bits per heavy atom. The summed E-state index contributed by atoms with van der Waals surface area (Å²) in [4.78, 5) is 25.3. The first-order valence-corrected chi connectivity index (χ1v) is 9.73. The van der Waals surface area contributed by atoms with Crippen LogP contribution in [0.5, 0.6) is 5.75 Å². The van der Waals surface area contributed by atoms with Gasteiger partial charge in [0.1, 0.15) is 5.75 Å². The number of hydrogen-bond acceptors (Lipinski definition) is 3. The molecule has 1 N–H and O–H groups in total. The van der Waals surface area contributed by atoms with E-state index >= 15 is 0 Å². The summed E-state index contributed by atoms with van der Waals surface area (Å²) in [5.41, 5.74) is 2.36. The van der Waals surface area contributed by atoms with Gasteiger partial charge in [0.15, 0.2) is 11.6 Å². The lowest BCUT2D eigenvalue weighted by Crippen LogP contribution is -2.27. The predicted octanol–water partition coefficient (Wildman–Crippen LogP) is 4.79. The zero-order valence-electron chi connectivity index (χ0n) is 17.0. The first kappa shape index (κ1) is 21.0. The number of methoxy groups -OCH3 is 1. The Kier molecular flexibility index (Phi) is 5.82. The molecule has 3 aromatic carbocycles. The van der Waals surface area contributed by atoms with Crippen LogP contribution >= 0.6 is 0 Å². The number of benzene rings is 3. The van der Waals surface area contributed by atoms with Gasteiger partial charge in [-0.15, -0.1) is 0 Å². The number of carbonyl (C=O) groups is 2. The van der Waals surface area contributed by atoms with Crippen molar-refractivity contribution in [1.29, 1.82) is 0 Å². The molecule has 0 aliphatic carbocycles. The van der Waals surface area contributed by atoms with Gasteiger partial charge < -0.3 is 10.1 Å². The van der Waals surface area contributed by atoms with E-state index in [2.05, 4.69) is 17.2 Å². The molecular weight excluding hydrogens is 412 g/mol. The first-order valence-electron chi connectivity index (χ1n) is 9.73. The van der Waals surface area contributed by atoms with E-state index in [1.807, 2.05) is 24.3 Å². The van der Waals surface area contributed by atoms with Gasteiger partial charge in [0.25, 0.3) is 5.91 Å². The van der Waals surface area contributed by atoms with Crippen molar-refractivity contribution < 1.29 is 23.1 Å². The van der Waals surface area contributed by atoms with Crippen LogP contribution in [0.25, 0.3) is 6.08 Å². The second-order valence-corrected chi connectivity index (χ2v) is 7.10. The fraction of sp³-hybridized carbons (Fsp3) is 0.0769. The molecule has 0 saturated carbocycles. The molecule has 0 atom stereocenters. The van der Waals surface area contributed by atoms with Crippen LogP contribution in [0.2, 0.25) is 0 Å². The number of carbonyl (C=O) groups excluding carboxylic acids is 2. The molecule has 0 spiro atoms. The summed E-state index contributed by atoms with van der Waals surface area (Å²) in [6.45, 7) is 0. The average Bonchev–Trinajstić information content (AvgIpc) is 2.80. The van der Waals surface area contributed by atoms with Gasteiger partial charge in [0.2, 0.25) is 5.78 Å². The summed E-state index contributed by atoms with van der Waals surface area (Å²) in [7, 11) is 1.60. The second kappa shape index (κ2) is 8.86. The lowest BCUT2D eigenvalue weighted by Gasteiger charge is -2.18. The molecule has 6 heteroatoms. The van der Waals surface area contributed by atoms with Crippen LogP contribution < -0.4 is 10.1 Å². The molecule has 3 aromatic rings. The zero-order chi connectivity index (χ0) is 22.7. The highest BCUT2D eigenvalue weighted by atomic mass is 19.2. The van der Waals surface area contributed by atoms with Gasteiger partial charge in [-0.25, -0.2) is 8.78 Å². The smallest absolute Gasteiger partial charge is 0.259 e. The van der Waals surface area contributed by atoms with Crippen molar-refractivity contribution in [2.75, 3.05) is 12.4 Å². The highest BCUT2D eigenvalue weighted by molar-refractivity contribution is 6.36. The van der Waals surface area contributed by atoms with Crippen LogP contribution in [0.15, 0.2) is 66.2 Å². The second-order valence-electron chi connectivity index (χ2n) is 7.10. The van der Waals surface area contributed by atoms with E-state index in [9.17, 15) is 18.4 Å². The maximum Gasteiger partial charge on any atom is 0.259 e. The molecule has 0 fully saturated rings. The normalized spacial score (nSPS) is 13.8. The third kappa shape index (κ3) is 4.42. The lowest BCUT2D eigenvalue weighted by atomic mass is 9.93. The molecule has 1 amide bonds. The minimum Gasteiger partial charge on any atom is -0.497 e. The quantitative estimate of drug-likeness (QED) is 0.370. The molecule has 0 saturated heterocycles. The van der Waals surface area contributed by atoms with Gasteiger partial charge in [-0.1, -0.05) is 30.0 Å². The minimum atomic E-state index is -1.06. The number of hydrogen-bond donors (Lipinski definition) is 1. The van der Waals surface area contributed by atoms with Crippen LogP contribution in [0.3, 0.4) is 0 Å². The number of ketones is 1. The molecule has 1 heterocycles. The SMILES string of the molecule is COc1ccc(CC#Cc2ccc3c(c2)C(=O)/C(=C/c2ccc(F)c(F)c2)C(=O)N3)cc1. The highest BCUT2D eigenvalue weighted by Gasteiger charge is 2.28. The Morgan fingerprint density at radius 1 is 0.969 bits per heavy atom. The first-order chi connectivity index (χ1) is 15.4. The number of halogens is 2. The molecule has 1 aliphatic heterocycles. The maximum absolute atomic E-state index is 13.5. The Labute approximate surface area is 183 Å². The number of ether oxygens (including phenoxy) is 1. The fourth-order valence-corrected chi connectivity index (χ4v) is 3.25. The Morgan fingerprint density at radius 3 is 2.47 bits per heavy atom. The minimum absolute atomic E-state index is 0.160. The van der Waals surface area contributed by atoms with Crippen molar-refractivity contribution in [3.8, 4) is 17.6 Å². The fourth-order valence-electron chi connectivity index (χ4n) is 3.25. The van der Waals surface area contributed by atoms with Crippen molar-refractivity contribution in [3.05, 3.63) is 100 Å². The topological polar surface area (TPSA) is 55.4 Å². The Balaban J connectivity index is 1.58. The monoisotopic (exact) mass is 429 g/mol. The lowest BCUT2D eigenvalue weighted by molar-refractivity contribution is -0.112. The molecule has 32 heavy (non-hydrogen) atoms. The molecule has 0 unspecified atom stereocenters. The van der Waals surface area contributed by atoms with Crippen molar-refractivity contribution in [1.82, 2.24) is 0 Å². The number of nitrogens with one attached hydrogen (secondary N) is 1. The van der Waals surface area contributed by atoms with E-state index in [4.69, 9.17) is 4.74 Å². The summed E-state index contributed by atoms with van der Waals surface area (Å²) < 4.78 is 31.8. The van der Waals surface area contributed by atoms with Gasteiger partial charge in [0.05, 0.1) is 18.4 Å². The molecule has 0 bridgehead atoms. The summed E-state index contributed by atoms with van der Waals surface area (Å²) in [6.07, 6.45) is 1.76. The van der Waals surface area contributed by atoms with Crippen LogP contribution in [0, 0.1) is 23.5 Å². The van der Waals surface area contributed by atoms with Crippen LogP contribution in [-0.2, 0) is 11.2 Å². The number of fused-ring (bicyclic) bond motifs is 1. The van der Waals surface area contributed by atoms with E-state index in [0.29, 0.717) is 17.7 Å². The molecule has 1 aliphatic rings. The molecular formula is C26H17F2NO3. The molecule has 4 rings (SSSR count). The number of Topliss-reactive ketones (excluding diaryl/α,β-unsaturated/α-hetero) is 1. The van der Waals surface area contributed by atoms with Gasteiger partial charge >= 0.3 is 0 Å². The van der Waals surface area contributed by atoms with E-state index in [1.54, 1.807) is 25.3 Å². The average molecular weight is 429 g/mol. The molecule has 0 radical (unpaired) electrons. The van der Waals surface area contributed by atoms with Crippen LogP contribution in [0.1, 0.15) is 27.0 Å². The maximum atomic E-state index is 13.5. The van der Waals surface area contributed by atoms with E-state index < -0.39 is 23.3 Å². The summed E-state index contributed by atoms with van der Waals surface area (Å²) in [5.74, 6) is 3.68. The van der Waals surface area contributed by atoms with E-state index in [1.165, 1.54) is 12.1 Å². The molecule has 158 valence electrons. The van der Waals surface area contributed by atoms with E-state index in [-0.39, 0.29) is 16.7 Å². The third-order valence-electron chi connectivity index (χ3n) is 4.94. The van der Waals surface area contributed by atoms with Gasteiger partial charge in [-0.2, -0.15) is 0 Å². The van der Waals surface area contributed by atoms with Crippen molar-refractivity contribution in [2.24, 2.45) is 0 Å². The largest absolute Gasteiger partial charge is 0.497 e.